The van der Waals surface area contributed by atoms with E-state index in [1.54, 1.807) is 0 Å². The van der Waals surface area contributed by atoms with Crippen LogP contribution in [0.25, 0.3) is 10.9 Å². The van der Waals surface area contributed by atoms with Crippen molar-refractivity contribution in [2.24, 2.45) is 5.84 Å². The summed E-state index contributed by atoms with van der Waals surface area (Å²) in [5.41, 5.74) is 5.22. The van der Waals surface area contributed by atoms with Crippen LogP contribution in [0.2, 0.25) is 5.02 Å². The quantitative estimate of drug-likeness (QED) is 0.638. The molecule has 1 aromatic heterocycles. The van der Waals surface area contributed by atoms with Crippen LogP contribution in [-0.2, 0) is 6.42 Å². The number of nitrogens with two attached hydrogens (primary N) is 1. The van der Waals surface area contributed by atoms with Crippen LogP contribution in [0.3, 0.4) is 0 Å². The second-order valence-corrected chi connectivity index (χ2v) is 4.21. The van der Waals surface area contributed by atoms with Gasteiger partial charge in [0.2, 0.25) is 0 Å². The van der Waals surface area contributed by atoms with E-state index in [-0.39, 0.29) is 5.52 Å². The lowest BCUT2D eigenvalue weighted by Gasteiger charge is -2.14. The van der Waals surface area contributed by atoms with Gasteiger partial charge in [-0.3, -0.25) is 5.84 Å². The molecule has 0 aliphatic heterocycles. The van der Waals surface area contributed by atoms with Gasteiger partial charge in [0.1, 0.15) is 11.3 Å². The first-order chi connectivity index (χ1) is 8.10. The van der Waals surface area contributed by atoms with E-state index in [0.29, 0.717) is 16.1 Å². The Morgan fingerprint density at radius 2 is 2.18 bits per heavy atom. The Hall–Kier alpha value is -1.39. The van der Waals surface area contributed by atoms with E-state index >= 15 is 0 Å². The molecule has 0 saturated carbocycles. The number of aromatic nitrogens is 1. The van der Waals surface area contributed by atoms with Crippen LogP contribution in [-0.4, -0.2) is 4.98 Å². The van der Waals surface area contributed by atoms with Gasteiger partial charge < -0.3 is 5.43 Å². The number of benzene rings is 1. The molecule has 0 spiro atoms. The fourth-order valence-corrected chi connectivity index (χ4v) is 2.29. The third-order valence-corrected chi connectivity index (χ3v) is 3.16. The molecule has 3 N–H and O–H groups in total. The zero-order valence-electron chi connectivity index (χ0n) is 9.64. The van der Waals surface area contributed by atoms with Crippen LogP contribution >= 0.6 is 11.6 Å². The van der Waals surface area contributed by atoms with Gasteiger partial charge in [0.25, 0.3) is 0 Å². The summed E-state index contributed by atoms with van der Waals surface area (Å²) in [6.07, 6.45) is 0.751. The summed E-state index contributed by atoms with van der Waals surface area (Å²) in [7, 11) is 0. The second-order valence-electron chi connectivity index (χ2n) is 3.80. The van der Waals surface area contributed by atoms with E-state index in [1.807, 2.05) is 13.8 Å². The summed E-state index contributed by atoms with van der Waals surface area (Å²) in [6, 6.07) is 2.82. The maximum absolute atomic E-state index is 13.7. The number of nitrogens with one attached hydrogen (secondary N) is 1. The van der Waals surface area contributed by atoms with E-state index in [9.17, 15) is 4.39 Å². The number of nitrogens with zero attached hydrogens (tertiary/aromatic N) is 1. The van der Waals surface area contributed by atoms with E-state index in [2.05, 4.69) is 10.4 Å². The minimum atomic E-state index is -0.397. The van der Waals surface area contributed by atoms with Gasteiger partial charge in [-0.05, 0) is 31.0 Å². The topological polar surface area (TPSA) is 50.9 Å². The number of pyridine rings is 1. The van der Waals surface area contributed by atoms with E-state index in [0.717, 1.165) is 17.7 Å². The molecule has 0 saturated heterocycles. The third-order valence-electron chi connectivity index (χ3n) is 2.84. The highest BCUT2D eigenvalue weighted by molar-refractivity contribution is 6.36. The maximum Gasteiger partial charge on any atom is 0.149 e. The molecule has 5 heteroatoms. The van der Waals surface area contributed by atoms with E-state index in [1.165, 1.54) is 12.1 Å². The Labute approximate surface area is 104 Å². The van der Waals surface area contributed by atoms with Crippen molar-refractivity contribution in [3.8, 4) is 0 Å². The molecule has 0 aliphatic rings. The number of hydrogen-bond donors (Lipinski definition) is 2. The zero-order chi connectivity index (χ0) is 12.6. The van der Waals surface area contributed by atoms with E-state index in [4.69, 9.17) is 17.4 Å². The summed E-state index contributed by atoms with van der Waals surface area (Å²) in [5, 5.41) is 0.980. The SMILES string of the molecule is CCc1c(C)nc2c(F)ccc(Cl)c2c1NN. The molecule has 0 amide bonds. The summed E-state index contributed by atoms with van der Waals surface area (Å²) in [4.78, 5) is 4.26. The van der Waals surface area contributed by atoms with Gasteiger partial charge in [-0.1, -0.05) is 18.5 Å². The number of fused-ring (bicyclic) bond motifs is 1. The minimum Gasteiger partial charge on any atom is -0.323 e. The Balaban J connectivity index is 2.98. The van der Waals surface area contributed by atoms with Gasteiger partial charge in [0.05, 0.1) is 10.7 Å². The number of rotatable bonds is 2. The second kappa shape index (κ2) is 4.47. The third kappa shape index (κ3) is 1.83. The minimum absolute atomic E-state index is 0.250. The number of nitrogen functional groups attached to an aromatic ring is 1. The molecule has 1 heterocycles. The number of hydrogen-bond acceptors (Lipinski definition) is 3. The maximum atomic E-state index is 13.7. The highest BCUT2D eigenvalue weighted by Gasteiger charge is 2.15. The number of aryl methyl sites for hydroxylation is 1. The highest BCUT2D eigenvalue weighted by atomic mass is 35.5. The van der Waals surface area contributed by atoms with Gasteiger partial charge in [0.15, 0.2) is 0 Å². The van der Waals surface area contributed by atoms with Crippen LogP contribution in [0.4, 0.5) is 10.1 Å². The summed E-state index contributed by atoms with van der Waals surface area (Å²) < 4.78 is 13.7. The van der Waals surface area contributed by atoms with Crippen LogP contribution in [0.5, 0.6) is 0 Å². The molecule has 90 valence electrons. The van der Waals surface area contributed by atoms with Crippen LogP contribution < -0.4 is 11.3 Å². The standard InChI is InChI=1S/C12H13ClFN3/c1-3-7-6(2)16-12-9(14)5-4-8(13)10(12)11(7)17-15/h4-5H,3,15H2,1-2H3,(H,16,17). The van der Waals surface area contributed by atoms with Crippen molar-refractivity contribution in [1.82, 2.24) is 4.98 Å². The molecule has 0 unspecified atom stereocenters. The monoisotopic (exact) mass is 253 g/mol. The molecule has 1 aromatic carbocycles. The van der Waals surface area contributed by atoms with Crippen LogP contribution in [0, 0.1) is 12.7 Å². The Morgan fingerprint density at radius 3 is 2.76 bits per heavy atom. The lowest BCUT2D eigenvalue weighted by molar-refractivity contribution is 0.636. The molecule has 0 bridgehead atoms. The molecule has 0 fully saturated rings. The van der Waals surface area contributed by atoms with Gasteiger partial charge in [-0.15, -0.1) is 0 Å². The number of anilines is 1. The Morgan fingerprint density at radius 1 is 1.47 bits per heavy atom. The molecule has 2 rings (SSSR count). The normalized spacial score (nSPS) is 10.9. The average molecular weight is 254 g/mol. The van der Waals surface area contributed by atoms with Crippen molar-refractivity contribution in [3.63, 3.8) is 0 Å². The van der Waals surface area contributed by atoms with Gasteiger partial charge >= 0.3 is 0 Å². The molecule has 0 atom stereocenters. The molecule has 2 aromatic rings. The van der Waals surface area contributed by atoms with Crippen LogP contribution in [0.15, 0.2) is 12.1 Å². The van der Waals surface area contributed by atoms with Crippen LogP contribution in [0.1, 0.15) is 18.2 Å². The Bertz CT molecular complexity index is 584. The smallest absolute Gasteiger partial charge is 0.149 e. The van der Waals surface area contributed by atoms with E-state index < -0.39 is 5.82 Å². The fraction of sp³-hybridized carbons (Fsp3) is 0.250. The molecule has 3 nitrogen and oxygen atoms in total. The molecule has 0 aliphatic carbocycles. The van der Waals surface area contributed by atoms with Crippen molar-refractivity contribution in [1.29, 1.82) is 0 Å². The summed E-state index contributed by atoms with van der Waals surface area (Å²) >= 11 is 6.09. The van der Waals surface area contributed by atoms with Gasteiger partial charge in [0, 0.05) is 11.1 Å². The first-order valence-electron chi connectivity index (χ1n) is 5.34. The van der Waals surface area contributed by atoms with Crippen molar-refractivity contribution in [2.45, 2.75) is 20.3 Å². The highest BCUT2D eigenvalue weighted by Crippen LogP contribution is 2.34. The van der Waals surface area contributed by atoms with Gasteiger partial charge in [-0.2, -0.15) is 0 Å². The summed E-state index contributed by atoms with van der Waals surface area (Å²) in [5.74, 6) is 5.12. The van der Waals surface area contributed by atoms with Gasteiger partial charge in [-0.25, -0.2) is 9.37 Å². The molecular weight excluding hydrogens is 241 g/mol. The molecule has 0 radical (unpaired) electrons. The molecular formula is C12H13ClFN3. The Kier molecular flexibility index (Phi) is 3.17. The lowest BCUT2D eigenvalue weighted by Crippen LogP contribution is -2.12. The number of halogens is 2. The zero-order valence-corrected chi connectivity index (χ0v) is 10.4. The fourth-order valence-electron chi connectivity index (χ4n) is 2.05. The van der Waals surface area contributed by atoms with Crippen molar-refractivity contribution >= 4 is 28.2 Å². The largest absolute Gasteiger partial charge is 0.323 e. The van der Waals surface area contributed by atoms with Crippen molar-refractivity contribution in [2.75, 3.05) is 5.43 Å². The van der Waals surface area contributed by atoms with Crippen molar-refractivity contribution in [3.05, 3.63) is 34.2 Å². The van der Waals surface area contributed by atoms with Crippen molar-refractivity contribution < 1.29 is 4.39 Å². The lowest BCUT2D eigenvalue weighted by atomic mass is 10.0. The molecule has 17 heavy (non-hydrogen) atoms. The summed E-state index contributed by atoms with van der Waals surface area (Å²) in [6.45, 7) is 3.82. The first kappa shape index (κ1) is 12.1. The first-order valence-corrected chi connectivity index (χ1v) is 5.71. The predicted molar refractivity (Wildman–Crippen MR) is 68.6 cm³/mol. The number of hydrazine groups is 1. The average Bonchev–Trinajstić information content (AvgIpc) is 2.32. The predicted octanol–water partition coefficient (Wildman–Crippen LogP) is 3.18.